The highest BCUT2D eigenvalue weighted by molar-refractivity contribution is 5.66. The summed E-state index contributed by atoms with van der Waals surface area (Å²) in [6.07, 6.45) is 13.4. The molecule has 42 heavy (non-hydrogen) atoms. The molecule has 0 amide bonds. The number of halogens is 1. The van der Waals surface area contributed by atoms with E-state index in [4.69, 9.17) is 9.47 Å². The van der Waals surface area contributed by atoms with E-state index < -0.39 is 0 Å². The first-order valence-corrected chi connectivity index (χ1v) is 17.1. The smallest absolute Gasteiger partial charge is 0.303 e. The van der Waals surface area contributed by atoms with Gasteiger partial charge < -0.3 is 36.0 Å². The van der Waals surface area contributed by atoms with Gasteiger partial charge in [-0.2, -0.15) is 0 Å². The van der Waals surface area contributed by atoms with Crippen LogP contribution in [0.3, 0.4) is 0 Å². The van der Waals surface area contributed by atoms with Gasteiger partial charge in [-0.15, -0.1) is 0 Å². The first-order chi connectivity index (χ1) is 19.4. The van der Waals surface area contributed by atoms with Crippen molar-refractivity contribution >= 4 is 11.9 Å². The molecule has 240 valence electrons. The molecule has 0 aromatic carbocycles. The third-order valence-corrected chi connectivity index (χ3v) is 13.8. The lowest BCUT2D eigenvalue weighted by Crippen LogP contribution is -3.00. The number of carbonyl (C=O) groups excluding carboxylic acids is 2. The predicted octanol–water partition coefficient (Wildman–Crippen LogP) is 1.94. The molecule has 6 fully saturated rings. The monoisotopic (exact) mass is 652 g/mol. The molecule has 0 radical (unpaired) electrons. The van der Waals surface area contributed by atoms with Crippen LogP contribution in [-0.4, -0.2) is 90.1 Å². The number of hydrogen-bond donors (Lipinski definition) is 1. The quantitative estimate of drug-likeness (QED) is 0.370. The van der Waals surface area contributed by atoms with Crippen LogP contribution in [-0.2, 0) is 19.1 Å². The number of likely N-dealkylation sites (N-methyl/N-ethyl adjacent to an activating group) is 1. The van der Waals surface area contributed by atoms with Crippen molar-refractivity contribution in [1.29, 1.82) is 0 Å². The number of likely N-dealkylation sites (tertiary alicyclic amines) is 2. The maximum absolute atomic E-state index is 12.5. The van der Waals surface area contributed by atoms with Crippen LogP contribution in [0.25, 0.3) is 0 Å². The molecule has 2 saturated heterocycles. The van der Waals surface area contributed by atoms with Crippen molar-refractivity contribution in [1.82, 2.24) is 4.90 Å². The van der Waals surface area contributed by atoms with Crippen molar-refractivity contribution in [3.63, 3.8) is 0 Å². The zero-order valence-corrected chi connectivity index (χ0v) is 28.4. The van der Waals surface area contributed by atoms with Crippen molar-refractivity contribution in [3.05, 3.63) is 0 Å². The minimum absolute atomic E-state index is 0. The second-order valence-corrected chi connectivity index (χ2v) is 15.9. The van der Waals surface area contributed by atoms with Crippen LogP contribution in [0.1, 0.15) is 105 Å². The molecule has 10 atom stereocenters. The maximum Gasteiger partial charge on any atom is 0.303 e. The summed E-state index contributed by atoms with van der Waals surface area (Å²) in [6.45, 7) is 12.4. The Morgan fingerprint density at radius 1 is 0.857 bits per heavy atom. The van der Waals surface area contributed by atoms with Gasteiger partial charge in [-0.05, 0) is 99.7 Å². The zero-order valence-electron chi connectivity index (χ0n) is 26.9. The second kappa shape index (κ2) is 12.2. The average Bonchev–Trinajstić information content (AvgIpc) is 3.22. The molecule has 0 bridgehead atoms. The molecule has 0 spiro atoms. The Morgan fingerprint density at radius 2 is 1.52 bits per heavy atom. The third-order valence-electron chi connectivity index (χ3n) is 13.8. The third kappa shape index (κ3) is 5.62. The molecule has 6 rings (SSSR count). The number of esters is 2. The highest BCUT2D eigenvalue weighted by Gasteiger charge is 2.67. The molecule has 0 unspecified atom stereocenters. The van der Waals surface area contributed by atoms with Gasteiger partial charge in [-0.3, -0.25) is 14.5 Å². The molecule has 0 aromatic heterocycles. The summed E-state index contributed by atoms with van der Waals surface area (Å²) in [4.78, 5) is 27.2. The Hall–Kier alpha value is -0.700. The largest absolute Gasteiger partial charge is 1.00 e. The fourth-order valence-corrected chi connectivity index (χ4v) is 11.7. The molecule has 1 N–H and O–H groups in total. The molecular weight excluding hydrogens is 596 g/mol. The van der Waals surface area contributed by atoms with Crippen molar-refractivity contribution < 1.29 is 45.6 Å². The van der Waals surface area contributed by atoms with Crippen LogP contribution < -0.4 is 17.0 Å². The maximum atomic E-state index is 12.5. The summed E-state index contributed by atoms with van der Waals surface area (Å²) in [5.41, 5.74) is 0.275. The van der Waals surface area contributed by atoms with E-state index in [1.54, 1.807) is 13.8 Å². The van der Waals surface area contributed by atoms with Gasteiger partial charge in [0.2, 0.25) is 0 Å². The molecule has 8 heteroatoms. The number of rotatable bonds is 4. The number of nitrogens with zero attached hydrogens (tertiary/aromatic N) is 2. The number of hydrogen-bond acceptors (Lipinski definition) is 6. The highest BCUT2D eigenvalue weighted by Crippen LogP contribution is 2.67. The number of aliphatic hydroxyl groups is 1. The lowest BCUT2D eigenvalue weighted by Gasteiger charge is -2.62. The molecule has 2 heterocycles. The van der Waals surface area contributed by atoms with Gasteiger partial charge in [-0.25, -0.2) is 0 Å². The molecule has 4 saturated carbocycles. The van der Waals surface area contributed by atoms with Crippen molar-refractivity contribution in [2.24, 2.45) is 34.5 Å². The summed E-state index contributed by atoms with van der Waals surface area (Å²) in [5.74, 6) is 2.24. The van der Waals surface area contributed by atoms with Gasteiger partial charge >= 0.3 is 11.9 Å². The van der Waals surface area contributed by atoms with E-state index in [-0.39, 0.29) is 64.1 Å². The Morgan fingerprint density at radius 3 is 2.17 bits per heavy atom. The van der Waals surface area contributed by atoms with Gasteiger partial charge in [0.05, 0.1) is 26.2 Å². The summed E-state index contributed by atoms with van der Waals surface area (Å²) < 4.78 is 13.5. The van der Waals surface area contributed by atoms with Crippen LogP contribution in [0.5, 0.6) is 0 Å². The zero-order chi connectivity index (χ0) is 29.2. The Kier molecular flexibility index (Phi) is 9.53. The Labute approximate surface area is 264 Å². The summed E-state index contributed by atoms with van der Waals surface area (Å²) in [6, 6.07) is 0.647. The SMILES string of the molecule is CC(=O)O[C@H]1C[C@@H]2CC[C@@H]3[C@H](CC[C@@]4(C)[C@H]3C[C@H]([N+]3(C)CCCCC3)[C@@H]4OC(C)=O)[C@@]2(C)C[C@@H]1N1CCC(O)CC1.[Br-]. The lowest BCUT2D eigenvalue weighted by atomic mass is 9.44. The molecule has 4 aliphatic carbocycles. The minimum atomic E-state index is -0.203. The van der Waals surface area contributed by atoms with E-state index in [0.29, 0.717) is 29.7 Å². The van der Waals surface area contributed by atoms with Gasteiger partial charge in [0.25, 0.3) is 0 Å². The van der Waals surface area contributed by atoms with Crippen LogP contribution in [0, 0.1) is 34.5 Å². The molecule has 6 aliphatic rings. The normalized spacial score (nSPS) is 45.5. The van der Waals surface area contributed by atoms with E-state index >= 15 is 0 Å². The average molecular weight is 654 g/mol. The predicted molar refractivity (Wildman–Crippen MR) is 158 cm³/mol. The number of piperidine rings is 2. The van der Waals surface area contributed by atoms with Gasteiger partial charge in [0.1, 0.15) is 12.1 Å². The number of ether oxygens (including phenoxy) is 2. The standard InChI is InChI=1S/C34H57N2O5.BrH/c1-22(37)40-31-19-24-9-10-26-27(34(24,4)21-29(31)35-15-12-25(39)13-16-35)11-14-33(3)28(26)20-30(32(33)41-23(2)38)36(5)17-7-6-8-18-36;/h24-32,39H,6-21H2,1-5H3;1H/q+1;/p-1/t24-,26+,27-,28-,29-,30-,31-,32-,33-,34-;/m0./s1. The highest BCUT2D eigenvalue weighted by atomic mass is 79.9. The molecular formula is C34H57BrN2O5. The number of aliphatic hydroxyl groups excluding tert-OH is 1. The molecule has 7 nitrogen and oxygen atoms in total. The number of quaternary nitrogens is 1. The van der Waals surface area contributed by atoms with Crippen molar-refractivity contribution in [2.45, 2.75) is 135 Å². The van der Waals surface area contributed by atoms with Gasteiger partial charge in [0, 0.05) is 44.8 Å². The summed E-state index contributed by atoms with van der Waals surface area (Å²) in [7, 11) is 2.45. The summed E-state index contributed by atoms with van der Waals surface area (Å²) >= 11 is 0. The van der Waals surface area contributed by atoms with Gasteiger partial charge in [0.15, 0.2) is 6.10 Å². The Bertz CT molecular complexity index is 996. The number of fused-ring (bicyclic) bond motifs is 5. The van der Waals surface area contributed by atoms with Crippen LogP contribution in [0.15, 0.2) is 0 Å². The fourth-order valence-electron chi connectivity index (χ4n) is 11.7. The lowest BCUT2D eigenvalue weighted by molar-refractivity contribution is -0.940. The molecule has 0 aromatic rings. The first kappa shape index (κ1) is 32.7. The van der Waals surface area contributed by atoms with Crippen LogP contribution >= 0.6 is 0 Å². The van der Waals surface area contributed by atoms with Crippen LogP contribution in [0.2, 0.25) is 0 Å². The van der Waals surface area contributed by atoms with E-state index in [2.05, 4.69) is 25.8 Å². The number of carbonyl (C=O) groups is 2. The first-order valence-electron chi connectivity index (χ1n) is 17.1. The molecule has 2 aliphatic heterocycles. The van der Waals surface area contributed by atoms with Gasteiger partial charge in [-0.1, -0.05) is 13.8 Å². The van der Waals surface area contributed by atoms with Crippen molar-refractivity contribution in [2.75, 3.05) is 33.2 Å². The fraction of sp³-hybridized carbons (Fsp3) is 0.941. The summed E-state index contributed by atoms with van der Waals surface area (Å²) in [5, 5.41) is 10.2. The van der Waals surface area contributed by atoms with Crippen molar-refractivity contribution in [3.8, 4) is 0 Å². The van der Waals surface area contributed by atoms with E-state index in [1.165, 1.54) is 58.0 Å². The Balaban J connectivity index is 0.00000353. The van der Waals surface area contributed by atoms with E-state index in [1.807, 2.05) is 0 Å². The minimum Gasteiger partial charge on any atom is -1.00 e. The van der Waals surface area contributed by atoms with E-state index in [0.717, 1.165) is 49.7 Å². The topological polar surface area (TPSA) is 76.1 Å². The second-order valence-electron chi connectivity index (χ2n) is 15.9. The van der Waals surface area contributed by atoms with Crippen LogP contribution in [0.4, 0.5) is 0 Å². The van der Waals surface area contributed by atoms with E-state index in [9.17, 15) is 14.7 Å².